The second kappa shape index (κ2) is 12.0. The molecule has 0 unspecified atom stereocenters. The van der Waals surface area contributed by atoms with Crippen molar-refractivity contribution in [3.63, 3.8) is 0 Å². The predicted molar refractivity (Wildman–Crippen MR) is 68.4 cm³/mol. The maximum absolute atomic E-state index is 3.99. The van der Waals surface area contributed by atoms with Crippen LogP contribution in [0.15, 0.2) is 17.8 Å². The van der Waals surface area contributed by atoms with Crippen molar-refractivity contribution in [1.82, 2.24) is 4.37 Å². The SMILES string of the molecule is C=Cc1cnsc1C=NC.CC.CC. The van der Waals surface area contributed by atoms with E-state index >= 15 is 0 Å². The largest absolute Gasteiger partial charge is 0.295 e. The van der Waals surface area contributed by atoms with Gasteiger partial charge < -0.3 is 0 Å². The Kier molecular flexibility index (Phi) is 13.3. The van der Waals surface area contributed by atoms with Crippen molar-refractivity contribution in [1.29, 1.82) is 0 Å². The van der Waals surface area contributed by atoms with E-state index in [1.54, 1.807) is 25.5 Å². The Bertz CT molecular complexity index is 252. The summed E-state index contributed by atoms with van der Waals surface area (Å²) in [6.07, 6.45) is 5.35. The lowest BCUT2D eigenvalue weighted by atomic mass is 10.3. The second-order valence-electron chi connectivity index (χ2n) is 1.74. The van der Waals surface area contributed by atoms with Gasteiger partial charge >= 0.3 is 0 Å². The van der Waals surface area contributed by atoms with Gasteiger partial charge in [0.2, 0.25) is 0 Å². The highest BCUT2D eigenvalue weighted by Gasteiger charge is 1.96. The van der Waals surface area contributed by atoms with E-state index in [1.807, 2.05) is 27.7 Å². The molecule has 0 N–H and O–H groups in total. The third-order valence-electron chi connectivity index (χ3n) is 1.09. The van der Waals surface area contributed by atoms with Crippen molar-refractivity contribution in [3.05, 3.63) is 23.2 Å². The van der Waals surface area contributed by atoms with E-state index in [0.29, 0.717) is 0 Å². The van der Waals surface area contributed by atoms with Crippen LogP contribution < -0.4 is 0 Å². The van der Waals surface area contributed by atoms with Crippen LogP contribution in [0, 0.1) is 0 Å². The summed E-state index contributed by atoms with van der Waals surface area (Å²) < 4.78 is 3.99. The molecule has 0 saturated carbocycles. The molecule has 14 heavy (non-hydrogen) atoms. The first-order valence-corrected chi connectivity index (χ1v) is 5.65. The van der Waals surface area contributed by atoms with E-state index in [-0.39, 0.29) is 0 Å². The molecule has 0 saturated heterocycles. The highest BCUT2D eigenvalue weighted by molar-refractivity contribution is 7.07. The molecule has 0 radical (unpaired) electrons. The maximum atomic E-state index is 3.99. The van der Waals surface area contributed by atoms with Crippen LogP contribution in [0.2, 0.25) is 0 Å². The van der Waals surface area contributed by atoms with E-state index in [0.717, 1.165) is 10.4 Å². The molecule has 1 heterocycles. The summed E-state index contributed by atoms with van der Waals surface area (Å²) in [5, 5.41) is 0. The number of rotatable bonds is 2. The molecule has 0 aliphatic heterocycles. The molecule has 2 nitrogen and oxygen atoms in total. The first kappa shape index (κ1) is 15.5. The fourth-order valence-corrected chi connectivity index (χ4v) is 1.30. The smallest absolute Gasteiger partial charge is 0.0727 e. The van der Waals surface area contributed by atoms with Crippen LogP contribution in [0.3, 0.4) is 0 Å². The van der Waals surface area contributed by atoms with Gasteiger partial charge in [0.15, 0.2) is 0 Å². The lowest BCUT2D eigenvalue weighted by molar-refractivity contribution is 1.47. The van der Waals surface area contributed by atoms with Crippen molar-refractivity contribution < 1.29 is 0 Å². The Morgan fingerprint density at radius 3 is 2.36 bits per heavy atom. The first-order valence-electron chi connectivity index (χ1n) is 4.87. The minimum atomic E-state index is 1.05. The third kappa shape index (κ3) is 5.65. The molecule has 1 aromatic rings. The minimum absolute atomic E-state index is 1.05. The van der Waals surface area contributed by atoms with Gasteiger partial charge in [0.1, 0.15) is 0 Å². The molecule has 1 rings (SSSR count). The average Bonchev–Trinajstić information content (AvgIpc) is 2.72. The molecule has 0 aromatic carbocycles. The van der Waals surface area contributed by atoms with Gasteiger partial charge in [-0.05, 0) is 11.5 Å². The van der Waals surface area contributed by atoms with Gasteiger partial charge in [-0.2, -0.15) is 4.37 Å². The highest BCUT2D eigenvalue weighted by atomic mass is 32.1. The fourth-order valence-electron chi connectivity index (χ4n) is 0.625. The van der Waals surface area contributed by atoms with Crippen LogP contribution in [0.1, 0.15) is 38.1 Å². The van der Waals surface area contributed by atoms with E-state index < -0.39 is 0 Å². The molecule has 0 fully saturated rings. The summed E-state index contributed by atoms with van der Waals surface area (Å²) in [7, 11) is 1.74. The van der Waals surface area contributed by atoms with E-state index in [2.05, 4.69) is 15.9 Å². The van der Waals surface area contributed by atoms with Crippen LogP contribution in [-0.4, -0.2) is 17.6 Å². The topological polar surface area (TPSA) is 25.2 Å². The lowest BCUT2D eigenvalue weighted by Crippen LogP contribution is -1.75. The number of aromatic nitrogens is 1. The van der Waals surface area contributed by atoms with Gasteiger partial charge in [-0.15, -0.1) is 0 Å². The number of aliphatic imine (C=N–C) groups is 1. The van der Waals surface area contributed by atoms with Crippen molar-refractivity contribution >= 4 is 23.8 Å². The van der Waals surface area contributed by atoms with E-state index in [1.165, 1.54) is 11.5 Å². The Balaban J connectivity index is 0. The van der Waals surface area contributed by atoms with E-state index in [9.17, 15) is 0 Å². The molecule has 0 spiro atoms. The Labute approximate surface area is 91.6 Å². The quantitative estimate of drug-likeness (QED) is 0.683. The van der Waals surface area contributed by atoms with Crippen molar-refractivity contribution in [2.45, 2.75) is 27.7 Å². The standard InChI is InChI=1S/C7H8N2S.2C2H6/c1-3-6-4-9-10-7(6)5-8-2;2*1-2/h3-5H,1H2,2H3;2*1-2H3. The number of hydrogen-bond donors (Lipinski definition) is 0. The van der Waals surface area contributed by atoms with Crippen molar-refractivity contribution in [3.8, 4) is 0 Å². The van der Waals surface area contributed by atoms with Crippen LogP contribution in [0.25, 0.3) is 6.08 Å². The normalized spacial score (nSPS) is 8.36. The number of hydrogen-bond acceptors (Lipinski definition) is 3. The summed E-state index contributed by atoms with van der Waals surface area (Å²) >= 11 is 1.43. The molecule has 3 heteroatoms. The third-order valence-corrected chi connectivity index (χ3v) is 1.84. The van der Waals surface area contributed by atoms with Crippen molar-refractivity contribution in [2.75, 3.05) is 7.05 Å². The van der Waals surface area contributed by atoms with Gasteiger partial charge in [-0.3, -0.25) is 4.99 Å². The molecule has 0 bridgehead atoms. The Hall–Kier alpha value is -0.960. The van der Waals surface area contributed by atoms with Crippen LogP contribution in [-0.2, 0) is 0 Å². The highest BCUT2D eigenvalue weighted by Crippen LogP contribution is 2.11. The van der Waals surface area contributed by atoms with Gasteiger partial charge in [-0.25, -0.2) is 0 Å². The molecular weight excluding hydrogens is 192 g/mol. The van der Waals surface area contributed by atoms with Gasteiger partial charge in [0, 0.05) is 25.0 Å². The minimum Gasteiger partial charge on any atom is -0.295 e. The van der Waals surface area contributed by atoms with Gasteiger partial charge in [0.05, 0.1) is 4.88 Å². The summed E-state index contributed by atoms with van der Waals surface area (Å²) in [6, 6.07) is 0. The first-order chi connectivity index (χ1) is 6.88. The summed E-state index contributed by atoms with van der Waals surface area (Å²) in [4.78, 5) is 4.95. The summed E-state index contributed by atoms with van der Waals surface area (Å²) in [5.41, 5.74) is 1.05. The predicted octanol–water partition coefficient (Wildman–Crippen LogP) is 3.89. The fraction of sp³-hybridized carbons (Fsp3) is 0.455. The van der Waals surface area contributed by atoms with Crippen LogP contribution in [0.4, 0.5) is 0 Å². The molecular formula is C11H20N2S. The second-order valence-corrected chi connectivity index (χ2v) is 2.57. The lowest BCUT2D eigenvalue weighted by Gasteiger charge is -1.83. The van der Waals surface area contributed by atoms with Gasteiger partial charge in [0.25, 0.3) is 0 Å². The van der Waals surface area contributed by atoms with E-state index in [4.69, 9.17) is 0 Å². The molecule has 80 valence electrons. The zero-order valence-electron chi connectivity index (χ0n) is 9.74. The van der Waals surface area contributed by atoms with Crippen molar-refractivity contribution in [2.24, 2.45) is 4.99 Å². The molecule has 0 aliphatic rings. The molecule has 0 amide bonds. The van der Waals surface area contributed by atoms with Gasteiger partial charge in [-0.1, -0.05) is 40.3 Å². The zero-order valence-corrected chi connectivity index (χ0v) is 10.6. The average molecular weight is 212 g/mol. The summed E-state index contributed by atoms with van der Waals surface area (Å²) in [6.45, 7) is 11.7. The zero-order chi connectivity index (χ0) is 11.4. The Morgan fingerprint density at radius 1 is 1.36 bits per heavy atom. The monoisotopic (exact) mass is 212 g/mol. The Morgan fingerprint density at radius 2 is 1.93 bits per heavy atom. The maximum Gasteiger partial charge on any atom is 0.0727 e. The van der Waals surface area contributed by atoms with Crippen LogP contribution in [0.5, 0.6) is 0 Å². The molecule has 0 atom stereocenters. The summed E-state index contributed by atoms with van der Waals surface area (Å²) in [5.74, 6) is 0. The van der Waals surface area contributed by atoms with Crippen LogP contribution >= 0.6 is 11.5 Å². The molecule has 0 aliphatic carbocycles. The number of nitrogens with zero attached hydrogens (tertiary/aromatic N) is 2. The molecule has 1 aromatic heterocycles.